The standard InChI is InChI=1S/C15H13ClFNO3/c1-20-14-10(3-2-4-13(14)18)15(19)21-8-9-5-6-12(17)11(16)7-9/h2-7H,8,18H2,1H3. The van der Waals surface area contributed by atoms with Crippen molar-refractivity contribution < 1.29 is 18.7 Å². The summed E-state index contributed by atoms with van der Waals surface area (Å²) in [6.45, 7) is -0.0310. The number of anilines is 1. The molecule has 0 amide bonds. The Morgan fingerprint density at radius 3 is 2.76 bits per heavy atom. The van der Waals surface area contributed by atoms with Crippen LogP contribution in [0.25, 0.3) is 0 Å². The summed E-state index contributed by atoms with van der Waals surface area (Å²) >= 11 is 5.66. The second-order valence-electron chi connectivity index (χ2n) is 4.25. The van der Waals surface area contributed by atoms with Crippen LogP contribution in [0.15, 0.2) is 36.4 Å². The van der Waals surface area contributed by atoms with Crippen molar-refractivity contribution in [3.63, 3.8) is 0 Å². The Labute approximate surface area is 126 Å². The molecule has 0 unspecified atom stereocenters. The van der Waals surface area contributed by atoms with Crippen LogP contribution in [0, 0.1) is 5.82 Å². The first-order chi connectivity index (χ1) is 10.0. The molecule has 0 fully saturated rings. The smallest absolute Gasteiger partial charge is 0.342 e. The number of methoxy groups -OCH3 is 1. The van der Waals surface area contributed by atoms with Gasteiger partial charge in [0.15, 0.2) is 5.75 Å². The monoisotopic (exact) mass is 309 g/mol. The summed E-state index contributed by atoms with van der Waals surface area (Å²) in [6.07, 6.45) is 0. The average Bonchev–Trinajstić information content (AvgIpc) is 2.48. The van der Waals surface area contributed by atoms with Crippen LogP contribution in [-0.2, 0) is 11.3 Å². The van der Waals surface area contributed by atoms with Crippen molar-refractivity contribution in [3.05, 3.63) is 58.4 Å². The topological polar surface area (TPSA) is 61.5 Å². The van der Waals surface area contributed by atoms with Crippen molar-refractivity contribution in [1.29, 1.82) is 0 Å². The van der Waals surface area contributed by atoms with E-state index in [9.17, 15) is 9.18 Å². The second-order valence-corrected chi connectivity index (χ2v) is 4.66. The molecular weight excluding hydrogens is 297 g/mol. The predicted molar refractivity (Wildman–Crippen MR) is 77.9 cm³/mol. The molecule has 0 atom stereocenters. The molecule has 2 aromatic rings. The van der Waals surface area contributed by atoms with Crippen LogP contribution in [0.4, 0.5) is 10.1 Å². The highest BCUT2D eigenvalue weighted by molar-refractivity contribution is 6.30. The van der Waals surface area contributed by atoms with Crippen molar-refractivity contribution in [2.45, 2.75) is 6.61 Å². The van der Waals surface area contributed by atoms with E-state index < -0.39 is 11.8 Å². The highest BCUT2D eigenvalue weighted by atomic mass is 35.5. The normalized spacial score (nSPS) is 10.2. The Morgan fingerprint density at radius 2 is 2.10 bits per heavy atom. The maximum Gasteiger partial charge on any atom is 0.342 e. The minimum absolute atomic E-state index is 0.0231. The number of esters is 1. The third-order valence-corrected chi connectivity index (χ3v) is 3.11. The predicted octanol–water partition coefficient (Wildman–Crippen LogP) is 3.43. The first-order valence-corrected chi connectivity index (χ1v) is 6.44. The Kier molecular flexibility index (Phi) is 4.65. The van der Waals surface area contributed by atoms with Crippen LogP contribution in [0.2, 0.25) is 5.02 Å². The second kappa shape index (κ2) is 6.45. The molecular formula is C15H13ClFNO3. The number of halogens is 2. The summed E-state index contributed by atoms with van der Waals surface area (Å²) in [5.41, 5.74) is 6.87. The molecule has 0 aliphatic heterocycles. The van der Waals surface area contributed by atoms with Crippen molar-refractivity contribution in [2.75, 3.05) is 12.8 Å². The molecule has 21 heavy (non-hydrogen) atoms. The lowest BCUT2D eigenvalue weighted by atomic mass is 10.1. The van der Waals surface area contributed by atoms with Gasteiger partial charge in [-0.15, -0.1) is 0 Å². The van der Waals surface area contributed by atoms with Crippen LogP contribution in [0.3, 0.4) is 0 Å². The number of carbonyl (C=O) groups excluding carboxylic acids is 1. The van der Waals surface area contributed by atoms with Crippen molar-refractivity contribution in [3.8, 4) is 5.75 Å². The Hall–Kier alpha value is -2.27. The van der Waals surface area contributed by atoms with E-state index in [0.717, 1.165) is 0 Å². The molecule has 0 radical (unpaired) electrons. The van der Waals surface area contributed by atoms with E-state index in [1.807, 2.05) is 0 Å². The molecule has 4 nitrogen and oxygen atoms in total. The highest BCUT2D eigenvalue weighted by Gasteiger charge is 2.16. The molecule has 2 rings (SSSR count). The van der Waals surface area contributed by atoms with Gasteiger partial charge in [0.1, 0.15) is 18.0 Å². The minimum atomic E-state index is -0.584. The summed E-state index contributed by atoms with van der Waals surface area (Å²) in [4.78, 5) is 12.0. The van der Waals surface area contributed by atoms with E-state index in [-0.39, 0.29) is 22.9 Å². The molecule has 0 spiro atoms. The molecule has 0 saturated heterocycles. The largest absolute Gasteiger partial charge is 0.494 e. The molecule has 0 aliphatic rings. The number of nitrogen functional groups attached to an aromatic ring is 1. The zero-order valence-electron chi connectivity index (χ0n) is 11.2. The maximum atomic E-state index is 13.0. The molecule has 0 heterocycles. The van der Waals surface area contributed by atoms with Gasteiger partial charge in [-0.3, -0.25) is 0 Å². The average molecular weight is 310 g/mol. The van der Waals surface area contributed by atoms with Crippen LogP contribution in [0.1, 0.15) is 15.9 Å². The molecule has 110 valence electrons. The number of nitrogens with two attached hydrogens (primary N) is 1. The lowest BCUT2D eigenvalue weighted by Gasteiger charge is -2.11. The van der Waals surface area contributed by atoms with Gasteiger partial charge in [-0.25, -0.2) is 9.18 Å². The van der Waals surface area contributed by atoms with E-state index in [2.05, 4.69) is 0 Å². The number of hydrogen-bond donors (Lipinski definition) is 1. The van der Waals surface area contributed by atoms with E-state index in [1.165, 1.54) is 25.3 Å². The van der Waals surface area contributed by atoms with Gasteiger partial charge < -0.3 is 15.2 Å². The molecule has 0 saturated carbocycles. The lowest BCUT2D eigenvalue weighted by molar-refractivity contribution is 0.0469. The van der Waals surface area contributed by atoms with Crippen LogP contribution in [0.5, 0.6) is 5.75 Å². The number of benzene rings is 2. The Balaban J connectivity index is 2.12. The van der Waals surface area contributed by atoms with E-state index in [4.69, 9.17) is 26.8 Å². The van der Waals surface area contributed by atoms with E-state index in [1.54, 1.807) is 18.2 Å². The fraction of sp³-hybridized carbons (Fsp3) is 0.133. The summed E-state index contributed by atoms with van der Waals surface area (Å²) in [7, 11) is 1.42. The number of para-hydroxylation sites is 1. The minimum Gasteiger partial charge on any atom is -0.494 e. The first kappa shape index (κ1) is 15.1. The van der Waals surface area contributed by atoms with Crippen LogP contribution in [-0.4, -0.2) is 13.1 Å². The van der Waals surface area contributed by atoms with Crippen LogP contribution >= 0.6 is 11.6 Å². The summed E-state index contributed by atoms with van der Waals surface area (Å²) in [5, 5.41) is -0.0231. The molecule has 2 aromatic carbocycles. The zero-order valence-corrected chi connectivity index (χ0v) is 12.0. The fourth-order valence-electron chi connectivity index (χ4n) is 1.80. The third kappa shape index (κ3) is 3.44. The zero-order chi connectivity index (χ0) is 15.4. The molecule has 0 bridgehead atoms. The van der Waals surface area contributed by atoms with E-state index >= 15 is 0 Å². The Morgan fingerprint density at radius 1 is 1.33 bits per heavy atom. The quantitative estimate of drug-likeness (QED) is 0.694. The number of rotatable bonds is 4. The van der Waals surface area contributed by atoms with Crippen molar-refractivity contribution in [2.24, 2.45) is 0 Å². The van der Waals surface area contributed by atoms with Gasteiger partial charge in [-0.1, -0.05) is 23.7 Å². The molecule has 6 heteroatoms. The molecule has 0 aliphatic carbocycles. The van der Waals surface area contributed by atoms with Crippen LogP contribution < -0.4 is 10.5 Å². The van der Waals surface area contributed by atoms with Gasteiger partial charge in [0, 0.05) is 0 Å². The van der Waals surface area contributed by atoms with Gasteiger partial charge in [0.25, 0.3) is 0 Å². The van der Waals surface area contributed by atoms with Gasteiger partial charge in [-0.2, -0.15) is 0 Å². The van der Waals surface area contributed by atoms with Crippen molar-refractivity contribution in [1.82, 2.24) is 0 Å². The van der Waals surface area contributed by atoms with Gasteiger partial charge >= 0.3 is 5.97 Å². The lowest BCUT2D eigenvalue weighted by Crippen LogP contribution is -2.08. The van der Waals surface area contributed by atoms with Crippen molar-refractivity contribution >= 4 is 23.3 Å². The number of ether oxygens (including phenoxy) is 2. The summed E-state index contributed by atoms with van der Waals surface area (Å²) < 4.78 is 23.3. The summed E-state index contributed by atoms with van der Waals surface area (Å²) in [5.74, 6) is -0.844. The van der Waals surface area contributed by atoms with Gasteiger partial charge in [0.2, 0.25) is 0 Å². The fourth-order valence-corrected chi connectivity index (χ4v) is 2.00. The number of carbonyl (C=O) groups is 1. The maximum absolute atomic E-state index is 13.0. The Bertz CT molecular complexity index is 676. The van der Waals surface area contributed by atoms with Gasteiger partial charge in [0.05, 0.1) is 17.8 Å². The van der Waals surface area contributed by atoms with Gasteiger partial charge in [-0.05, 0) is 29.8 Å². The molecule has 0 aromatic heterocycles. The first-order valence-electron chi connectivity index (χ1n) is 6.06. The third-order valence-electron chi connectivity index (χ3n) is 2.82. The number of hydrogen-bond acceptors (Lipinski definition) is 4. The molecule has 2 N–H and O–H groups in total. The highest BCUT2D eigenvalue weighted by Crippen LogP contribution is 2.26. The van der Waals surface area contributed by atoms with E-state index in [0.29, 0.717) is 11.3 Å². The SMILES string of the molecule is COc1c(N)cccc1C(=O)OCc1ccc(F)c(Cl)c1. The summed E-state index contributed by atoms with van der Waals surface area (Å²) in [6, 6.07) is 8.91.